The average Bonchev–Trinajstić information content (AvgIpc) is 3.64. The average molecular weight is 591 g/mol. The van der Waals surface area contributed by atoms with Crippen molar-refractivity contribution in [1.82, 2.24) is 9.13 Å². The first-order valence-electron chi connectivity index (χ1n) is 15.6. The summed E-state index contributed by atoms with van der Waals surface area (Å²) < 4.78 is 10.3. The summed E-state index contributed by atoms with van der Waals surface area (Å²) in [6, 6.07) is 58.9. The molecule has 0 aliphatic heterocycles. The van der Waals surface area contributed by atoms with Crippen LogP contribution in [0.25, 0.3) is 77.2 Å². The lowest BCUT2D eigenvalue weighted by Gasteiger charge is -2.09. The molecular formula is C43H30N2O. The van der Waals surface area contributed by atoms with Crippen molar-refractivity contribution >= 4 is 43.6 Å². The SMILES string of the molecule is COc1cccc(-c2ccc3c(c2)c2cc(-c4ccc5c(c4)c4ccccc4n5-c4ccccc4)ccc2n3-c2ccccc2)c1. The van der Waals surface area contributed by atoms with Crippen LogP contribution in [0.4, 0.5) is 0 Å². The number of para-hydroxylation sites is 3. The number of methoxy groups -OCH3 is 1. The summed E-state index contributed by atoms with van der Waals surface area (Å²) in [4.78, 5) is 0. The largest absolute Gasteiger partial charge is 0.497 e. The van der Waals surface area contributed by atoms with Crippen LogP contribution in [0.3, 0.4) is 0 Å². The van der Waals surface area contributed by atoms with Crippen LogP contribution in [0.1, 0.15) is 0 Å². The third-order valence-corrected chi connectivity index (χ3v) is 9.20. The quantitative estimate of drug-likeness (QED) is 0.195. The second kappa shape index (κ2) is 10.5. The number of ether oxygens (including phenoxy) is 1. The van der Waals surface area contributed by atoms with Gasteiger partial charge < -0.3 is 13.9 Å². The maximum Gasteiger partial charge on any atom is 0.119 e. The molecule has 0 amide bonds. The van der Waals surface area contributed by atoms with Gasteiger partial charge in [0.15, 0.2) is 0 Å². The molecule has 0 aliphatic rings. The second-order valence-corrected chi connectivity index (χ2v) is 11.8. The summed E-state index contributed by atoms with van der Waals surface area (Å²) in [6.45, 7) is 0. The lowest BCUT2D eigenvalue weighted by Crippen LogP contribution is -1.93. The van der Waals surface area contributed by atoms with Gasteiger partial charge in [-0.25, -0.2) is 0 Å². The molecule has 9 aromatic rings. The van der Waals surface area contributed by atoms with Gasteiger partial charge in [-0.05, 0) is 101 Å². The first kappa shape index (κ1) is 26.4. The van der Waals surface area contributed by atoms with E-state index < -0.39 is 0 Å². The summed E-state index contributed by atoms with van der Waals surface area (Å²) in [5.74, 6) is 0.857. The van der Waals surface area contributed by atoms with Crippen molar-refractivity contribution in [2.24, 2.45) is 0 Å². The molecule has 0 bridgehead atoms. The van der Waals surface area contributed by atoms with Crippen molar-refractivity contribution in [2.75, 3.05) is 7.11 Å². The third kappa shape index (κ3) is 4.13. The normalized spacial score (nSPS) is 11.6. The van der Waals surface area contributed by atoms with Crippen molar-refractivity contribution in [1.29, 1.82) is 0 Å². The van der Waals surface area contributed by atoms with Crippen LogP contribution in [0.15, 0.2) is 164 Å². The van der Waals surface area contributed by atoms with Gasteiger partial charge in [-0.1, -0.05) is 84.9 Å². The highest BCUT2D eigenvalue weighted by molar-refractivity contribution is 6.13. The predicted octanol–water partition coefficient (Wildman–Crippen LogP) is 11.2. The molecule has 0 N–H and O–H groups in total. The molecular weight excluding hydrogens is 560 g/mol. The highest BCUT2D eigenvalue weighted by atomic mass is 16.5. The Morgan fingerprint density at radius 1 is 0.348 bits per heavy atom. The van der Waals surface area contributed by atoms with E-state index in [0.717, 1.165) is 17.0 Å². The number of aromatic nitrogens is 2. The summed E-state index contributed by atoms with van der Waals surface area (Å²) in [6.07, 6.45) is 0. The number of nitrogens with zero attached hydrogens (tertiary/aromatic N) is 2. The molecule has 0 unspecified atom stereocenters. The Balaban J connectivity index is 1.27. The highest BCUT2D eigenvalue weighted by Crippen LogP contribution is 2.39. The van der Waals surface area contributed by atoms with Crippen molar-refractivity contribution in [3.05, 3.63) is 164 Å². The molecule has 0 atom stereocenters. The molecule has 0 fully saturated rings. The molecule has 2 aromatic heterocycles. The van der Waals surface area contributed by atoms with E-state index in [1.54, 1.807) is 7.11 Å². The van der Waals surface area contributed by atoms with Crippen molar-refractivity contribution in [3.8, 4) is 39.4 Å². The fourth-order valence-electron chi connectivity index (χ4n) is 7.05. The van der Waals surface area contributed by atoms with Gasteiger partial charge >= 0.3 is 0 Å². The Bertz CT molecular complexity index is 2560. The van der Waals surface area contributed by atoms with E-state index in [9.17, 15) is 0 Å². The van der Waals surface area contributed by atoms with Crippen LogP contribution in [0, 0.1) is 0 Å². The molecule has 0 aliphatic carbocycles. The van der Waals surface area contributed by atoms with Gasteiger partial charge in [0.1, 0.15) is 5.75 Å². The molecule has 0 saturated carbocycles. The zero-order valence-corrected chi connectivity index (χ0v) is 25.4. The lowest BCUT2D eigenvalue weighted by molar-refractivity contribution is 0.415. The molecule has 46 heavy (non-hydrogen) atoms. The summed E-state index contributed by atoms with van der Waals surface area (Å²) in [5.41, 5.74) is 11.8. The minimum absolute atomic E-state index is 0.857. The Morgan fingerprint density at radius 2 is 0.783 bits per heavy atom. The molecule has 3 nitrogen and oxygen atoms in total. The van der Waals surface area contributed by atoms with Crippen molar-refractivity contribution in [3.63, 3.8) is 0 Å². The zero-order valence-electron chi connectivity index (χ0n) is 25.4. The van der Waals surface area contributed by atoms with E-state index in [1.807, 2.05) is 6.07 Å². The topological polar surface area (TPSA) is 19.1 Å². The van der Waals surface area contributed by atoms with E-state index in [-0.39, 0.29) is 0 Å². The van der Waals surface area contributed by atoms with E-state index in [2.05, 4.69) is 167 Å². The van der Waals surface area contributed by atoms with Crippen molar-refractivity contribution < 1.29 is 4.74 Å². The maximum atomic E-state index is 5.54. The van der Waals surface area contributed by atoms with Crippen LogP contribution in [-0.4, -0.2) is 16.2 Å². The molecule has 0 radical (unpaired) electrons. The minimum Gasteiger partial charge on any atom is -0.497 e. The standard InChI is InChI=1S/C43H30N2O/c1-46-35-16-10-11-29(25-35)30-19-23-42-38(27-30)39-28-32(21-24-43(39)45(42)34-14-6-3-7-15-34)31-20-22-41-37(26-31)36-17-8-9-18-40(36)44(41)33-12-4-2-5-13-33/h2-28H,1H3. The van der Waals surface area contributed by atoms with Gasteiger partial charge in [-0.2, -0.15) is 0 Å². The maximum absolute atomic E-state index is 5.54. The highest BCUT2D eigenvalue weighted by Gasteiger charge is 2.16. The first-order chi connectivity index (χ1) is 22.8. The molecule has 0 saturated heterocycles. The van der Waals surface area contributed by atoms with Gasteiger partial charge in [0.2, 0.25) is 0 Å². The molecule has 3 heteroatoms. The minimum atomic E-state index is 0.857. The second-order valence-electron chi connectivity index (χ2n) is 11.8. The smallest absolute Gasteiger partial charge is 0.119 e. The van der Waals surface area contributed by atoms with Gasteiger partial charge in [0, 0.05) is 32.9 Å². The Morgan fingerprint density at radius 3 is 1.30 bits per heavy atom. The molecule has 7 aromatic carbocycles. The number of benzene rings is 7. The third-order valence-electron chi connectivity index (χ3n) is 9.20. The summed E-state index contributed by atoms with van der Waals surface area (Å²) >= 11 is 0. The summed E-state index contributed by atoms with van der Waals surface area (Å²) in [5, 5.41) is 4.97. The van der Waals surface area contributed by atoms with E-state index in [4.69, 9.17) is 4.74 Å². The Hall–Kier alpha value is -6.06. The zero-order chi connectivity index (χ0) is 30.6. The van der Waals surface area contributed by atoms with Crippen LogP contribution in [0.5, 0.6) is 5.75 Å². The Labute approximate surface area is 267 Å². The number of fused-ring (bicyclic) bond motifs is 6. The van der Waals surface area contributed by atoms with Crippen LogP contribution in [0.2, 0.25) is 0 Å². The lowest BCUT2D eigenvalue weighted by atomic mass is 9.99. The van der Waals surface area contributed by atoms with Gasteiger partial charge in [0.05, 0.1) is 29.2 Å². The van der Waals surface area contributed by atoms with Crippen molar-refractivity contribution in [2.45, 2.75) is 0 Å². The van der Waals surface area contributed by atoms with E-state index >= 15 is 0 Å². The first-order valence-corrected chi connectivity index (χ1v) is 15.6. The monoisotopic (exact) mass is 590 g/mol. The molecule has 0 spiro atoms. The fourth-order valence-corrected chi connectivity index (χ4v) is 7.05. The van der Waals surface area contributed by atoms with Gasteiger partial charge in [-0.15, -0.1) is 0 Å². The van der Waals surface area contributed by atoms with Gasteiger partial charge in [0.25, 0.3) is 0 Å². The predicted molar refractivity (Wildman–Crippen MR) is 193 cm³/mol. The number of hydrogen-bond acceptors (Lipinski definition) is 1. The number of rotatable bonds is 5. The number of hydrogen-bond donors (Lipinski definition) is 0. The van der Waals surface area contributed by atoms with Crippen LogP contribution >= 0.6 is 0 Å². The van der Waals surface area contributed by atoms with E-state index in [1.165, 1.54) is 66.0 Å². The van der Waals surface area contributed by atoms with Gasteiger partial charge in [-0.3, -0.25) is 0 Å². The van der Waals surface area contributed by atoms with E-state index in [0.29, 0.717) is 0 Å². The Kier molecular flexibility index (Phi) is 6.04. The molecule has 2 heterocycles. The van der Waals surface area contributed by atoms with Crippen LogP contribution in [-0.2, 0) is 0 Å². The fraction of sp³-hybridized carbons (Fsp3) is 0.0233. The summed E-state index contributed by atoms with van der Waals surface area (Å²) in [7, 11) is 1.72. The molecule has 9 rings (SSSR count). The molecule has 218 valence electrons. The van der Waals surface area contributed by atoms with Crippen LogP contribution < -0.4 is 4.74 Å².